The smallest absolute Gasteiger partial charge is 0.00204 e. The fraction of sp³-hybridized carbons (Fsp3) is 0. The largest absolute Gasteiger partial charge is 0.0622 e. The third-order valence-corrected chi connectivity index (χ3v) is 7.29. The quantitative estimate of drug-likeness (QED) is 0.232. The van der Waals surface area contributed by atoms with Crippen molar-refractivity contribution in [2.45, 2.75) is 0 Å². The van der Waals surface area contributed by atoms with E-state index in [0.29, 0.717) is 0 Å². The summed E-state index contributed by atoms with van der Waals surface area (Å²) >= 11 is 0. The van der Waals surface area contributed by atoms with Gasteiger partial charge in [0.15, 0.2) is 0 Å². The maximum absolute atomic E-state index is 2.26. The number of benzene rings is 7. The second kappa shape index (κ2) is 8.52. The summed E-state index contributed by atoms with van der Waals surface area (Å²) in [5.74, 6) is 0. The highest BCUT2D eigenvalue weighted by Gasteiger charge is 2.12. The Hall–Kier alpha value is -4.68. The Labute approximate surface area is 211 Å². The Morgan fingerprint density at radius 3 is 1.11 bits per heavy atom. The van der Waals surface area contributed by atoms with Crippen molar-refractivity contribution in [3.63, 3.8) is 0 Å². The van der Waals surface area contributed by atoms with Crippen LogP contribution in [0.4, 0.5) is 0 Å². The molecule has 0 aromatic heterocycles. The molecule has 0 aliphatic heterocycles. The van der Waals surface area contributed by atoms with Gasteiger partial charge in [-0.05, 0) is 65.7 Å². The molecule has 7 aromatic rings. The molecule has 0 fully saturated rings. The van der Waals surface area contributed by atoms with Crippen LogP contribution in [-0.2, 0) is 0 Å². The van der Waals surface area contributed by atoms with E-state index in [-0.39, 0.29) is 0 Å². The lowest BCUT2D eigenvalue weighted by molar-refractivity contribution is 1.58. The van der Waals surface area contributed by atoms with E-state index >= 15 is 0 Å². The van der Waals surface area contributed by atoms with Crippen molar-refractivity contribution in [1.82, 2.24) is 0 Å². The molecule has 0 saturated carbocycles. The highest BCUT2D eigenvalue weighted by atomic mass is 14.2. The normalized spacial score (nSPS) is 11.3. The van der Waals surface area contributed by atoms with Crippen LogP contribution in [0.2, 0.25) is 0 Å². The van der Waals surface area contributed by atoms with Gasteiger partial charge in [-0.15, -0.1) is 0 Å². The first kappa shape index (κ1) is 20.7. The second-order valence-electron chi connectivity index (χ2n) is 9.34. The minimum absolute atomic E-state index is 1.23. The Morgan fingerprint density at radius 2 is 0.583 bits per heavy atom. The molecule has 36 heavy (non-hydrogen) atoms. The maximum Gasteiger partial charge on any atom is -0.00204 e. The van der Waals surface area contributed by atoms with Gasteiger partial charge in [0.05, 0.1) is 0 Å². The summed E-state index contributed by atoms with van der Waals surface area (Å²) in [6.07, 6.45) is 0. The molecule has 168 valence electrons. The van der Waals surface area contributed by atoms with Gasteiger partial charge in [-0.2, -0.15) is 0 Å². The summed E-state index contributed by atoms with van der Waals surface area (Å²) < 4.78 is 0. The molecule has 0 radical (unpaired) electrons. The first-order valence-electron chi connectivity index (χ1n) is 12.5. The van der Waals surface area contributed by atoms with Crippen molar-refractivity contribution in [2.24, 2.45) is 0 Å². The summed E-state index contributed by atoms with van der Waals surface area (Å²) in [4.78, 5) is 0. The van der Waals surface area contributed by atoms with E-state index in [9.17, 15) is 0 Å². The Bertz CT molecular complexity index is 1800. The Kier molecular flexibility index (Phi) is 4.89. The fourth-order valence-electron chi connectivity index (χ4n) is 5.52. The van der Waals surface area contributed by atoms with Crippen LogP contribution in [0.1, 0.15) is 0 Å². The molecular weight excluding hydrogens is 432 g/mol. The third kappa shape index (κ3) is 3.39. The molecule has 0 spiro atoms. The highest BCUT2D eigenvalue weighted by Crippen LogP contribution is 2.40. The van der Waals surface area contributed by atoms with Crippen molar-refractivity contribution >= 4 is 32.3 Å². The average molecular weight is 457 g/mol. The molecule has 0 nitrogen and oxygen atoms in total. The molecule has 0 heteroatoms. The number of hydrogen-bond donors (Lipinski definition) is 0. The van der Waals surface area contributed by atoms with Gasteiger partial charge in [-0.3, -0.25) is 0 Å². The molecule has 0 atom stereocenters. The average Bonchev–Trinajstić information content (AvgIpc) is 2.98. The lowest BCUT2D eigenvalue weighted by Gasteiger charge is -2.14. The van der Waals surface area contributed by atoms with Gasteiger partial charge in [0.25, 0.3) is 0 Å². The van der Waals surface area contributed by atoms with Crippen LogP contribution in [0.25, 0.3) is 65.7 Å². The zero-order chi connectivity index (χ0) is 23.9. The molecule has 0 saturated heterocycles. The third-order valence-electron chi connectivity index (χ3n) is 7.29. The lowest BCUT2D eigenvalue weighted by Crippen LogP contribution is -1.87. The van der Waals surface area contributed by atoms with Gasteiger partial charge >= 0.3 is 0 Å². The molecule has 0 heterocycles. The minimum Gasteiger partial charge on any atom is -0.0622 e. The van der Waals surface area contributed by atoms with Crippen molar-refractivity contribution < 1.29 is 0 Å². The van der Waals surface area contributed by atoms with E-state index in [4.69, 9.17) is 0 Å². The summed E-state index contributed by atoms with van der Waals surface area (Å²) in [7, 11) is 0. The van der Waals surface area contributed by atoms with E-state index in [1.807, 2.05) is 0 Å². The molecule has 0 N–H and O–H groups in total. The maximum atomic E-state index is 2.26. The van der Waals surface area contributed by atoms with Gasteiger partial charge in [0, 0.05) is 0 Å². The number of fused-ring (bicyclic) bond motifs is 6. The first-order chi connectivity index (χ1) is 17.9. The number of hydrogen-bond acceptors (Lipinski definition) is 0. The van der Waals surface area contributed by atoms with Crippen molar-refractivity contribution in [3.8, 4) is 33.4 Å². The van der Waals surface area contributed by atoms with Gasteiger partial charge in [0.1, 0.15) is 0 Å². The molecule has 0 amide bonds. The molecule has 0 aliphatic rings. The zero-order valence-corrected chi connectivity index (χ0v) is 19.9. The van der Waals surface area contributed by atoms with Crippen LogP contribution < -0.4 is 0 Å². The van der Waals surface area contributed by atoms with E-state index in [0.717, 1.165) is 0 Å². The Morgan fingerprint density at radius 1 is 0.222 bits per heavy atom. The Balaban J connectivity index is 1.34. The summed E-state index contributed by atoms with van der Waals surface area (Å²) in [6, 6.07) is 52.7. The van der Waals surface area contributed by atoms with Crippen molar-refractivity contribution in [1.29, 1.82) is 0 Å². The summed E-state index contributed by atoms with van der Waals surface area (Å²) in [5.41, 5.74) is 7.47. The predicted molar refractivity (Wildman–Crippen MR) is 155 cm³/mol. The second-order valence-corrected chi connectivity index (χ2v) is 9.34. The molecule has 0 unspecified atom stereocenters. The lowest BCUT2D eigenvalue weighted by atomic mass is 9.89. The van der Waals surface area contributed by atoms with Crippen LogP contribution >= 0.6 is 0 Å². The monoisotopic (exact) mass is 456 g/mol. The summed E-state index contributed by atoms with van der Waals surface area (Å²) in [5, 5.41) is 7.87. The van der Waals surface area contributed by atoms with Crippen molar-refractivity contribution in [3.05, 3.63) is 146 Å². The topological polar surface area (TPSA) is 0 Å². The molecule has 0 bridgehead atoms. The van der Waals surface area contributed by atoms with Gasteiger partial charge in [-0.25, -0.2) is 0 Å². The van der Waals surface area contributed by atoms with E-state index in [1.165, 1.54) is 65.7 Å². The molecule has 7 rings (SSSR count). The SMILES string of the molecule is c1ccc(-c2ccc(-c3ccc(-c4cccc5c6ccccc6c6ccccc6c45)cc3)cc2)cc1. The van der Waals surface area contributed by atoms with Crippen LogP contribution in [0.5, 0.6) is 0 Å². The van der Waals surface area contributed by atoms with Gasteiger partial charge < -0.3 is 0 Å². The summed E-state index contributed by atoms with van der Waals surface area (Å²) in [6.45, 7) is 0. The van der Waals surface area contributed by atoms with Crippen LogP contribution in [-0.4, -0.2) is 0 Å². The van der Waals surface area contributed by atoms with E-state index in [1.54, 1.807) is 0 Å². The van der Waals surface area contributed by atoms with Gasteiger partial charge in [0.2, 0.25) is 0 Å². The molecule has 7 aromatic carbocycles. The standard InChI is InChI=1S/C36H24/c1-2-9-25(10-3-1)26-17-19-27(20-18-26)28-21-23-29(24-22-28)30-15-8-16-35-33-12-5-4-11-31(33)32-13-6-7-14-34(32)36(30)35/h1-24H. The van der Waals surface area contributed by atoms with Crippen LogP contribution in [0.15, 0.2) is 146 Å². The molecular formula is C36H24. The number of rotatable bonds is 3. The predicted octanol–water partition coefficient (Wildman–Crippen LogP) is 10.1. The first-order valence-corrected chi connectivity index (χ1v) is 12.5. The van der Waals surface area contributed by atoms with E-state index < -0.39 is 0 Å². The fourth-order valence-corrected chi connectivity index (χ4v) is 5.52. The zero-order valence-electron chi connectivity index (χ0n) is 19.9. The van der Waals surface area contributed by atoms with Crippen molar-refractivity contribution in [2.75, 3.05) is 0 Å². The molecule has 0 aliphatic carbocycles. The van der Waals surface area contributed by atoms with Crippen LogP contribution in [0, 0.1) is 0 Å². The minimum atomic E-state index is 1.23. The van der Waals surface area contributed by atoms with Gasteiger partial charge in [-0.1, -0.05) is 146 Å². The highest BCUT2D eigenvalue weighted by molar-refractivity contribution is 6.28. The van der Waals surface area contributed by atoms with E-state index in [2.05, 4.69) is 146 Å². The van der Waals surface area contributed by atoms with Crippen LogP contribution in [0.3, 0.4) is 0 Å².